The van der Waals surface area contributed by atoms with Gasteiger partial charge in [-0.25, -0.2) is 8.70 Å². The summed E-state index contributed by atoms with van der Waals surface area (Å²) in [5, 5.41) is 4.52. The minimum absolute atomic E-state index is 0.0430. The van der Waals surface area contributed by atoms with E-state index in [9.17, 15) is 4.39 Å². The monoisotopic (exact) mass is 417 g/mol. The van der Waals surface area contributed by atoms with Gasteiger partial charge in [0.15, 0.2) is 0 Å². The maximum absolute atomic E-state index is 13.9. The van der Waals surface area contributed by atoms with Gasteiger partial charge in [-0.15, -0.1) is 0 Å². The van der Waals surface area contributed by atoms with Gasteiger partial charge in [0.25, 0.3) is 0 Å². The summed E-state index contributed by atoms with van der Waals surface area (Å²) < 4.78 is 20.7. The third-order valence-corrected chi connectivity index (χ3v) is 7.25. The van der Waals surface area contributed by atoms with Gasteiger partial charge in [0.2, 0.25) is 0 Å². The maximum Gasteiger partial charge on any atom is 0.125 e. The summed E-state index contributed by atoms with van der Waals surface area (Å²) in [5.41, 5.74) is 2.30. The molecule has 158 valence electrons. The fourth-order valence-corrected chi connectivity index (χ4v) is 5.97. The molecular weight excluding hydrogens is 385 g/mol. The second kappa shape index (κ2) is 8.28. The SMILES string of the molecule is CC(C)Cn1nccc1CN1CC[C@@]2(C[C@@H]1C)CN(C)SN2c1cccc(F)c1. The maximum atomic E-state index is 13.9. The fraction of sp³-hybridized carbons (Fsp3) is 0.591. The van der Waals surface area contributed by atoms with Gasteiger partial charge in [0, 0.05) is 50.6 Å². The molecule has 2 aromatic rings. The van der Waals surface area contributed by atoms with Crippen molar-refractivity contribution in [2.24, 2.45) is 5.92 Å². The number of anilines is 1. The molecule has 2 fully saturated rings. The molecule has 2 atom stereocenters. The number of rotatable bonds is 5. The number of benzene rings is 1. The number of hydrogen-bond donors (Lipinski definition) is 0. The lowest BCUT2D eigenvalue weighted by molar-refractivity contribution is 0.0975. The van der Waals surface area contributed by atoms with Gasteiger partial charge in [-0.2, -0.15) is 5.10 Å². The largest absolute Gasteiger partial charge is 0.296 e. The fourth-order valence-electron chi connectivity index (χ4n) is 4.79. The van der Waals surface area contributed by atoms with Crippen molar-refractivity contribution in [3.63, 3.8) is 0 Å². The molecule has 1 aromatic heterocycles. The first-order valence-electron chi connectivity index (χ1n) is 10.6. The van der Waals surface area contributed by atoms with Gasteiger partial charge in [-0.05, 0) is 57.0 Å². The molecule has 3 heterocycles. The number of hydrogen-bond acceptors (Lipinski definition) is 5. The normalized spacial score (nSPS) is 26.1. The second-order valence-corrected chi connectivity index (χ2v) is 10.2. The summed E-state index contributed by atoms with van der Waals surface area (Å²) >= 11 is 1.72. The van der Waals surface area contributed by atoms with Crippen LogP contribution in [0.3, 0.4) is 0 Å². The molecule has 2 aliphatic rings. The molecule has 0 amide bonds. The van der Waals surface area contributed by atoms with E-state index in [2.05, 4.69) is 57.2 Å². The van der Waals surface area contributed by atoms with Crippen molar-refractivity contribution >= 4 is 17.8 Å². The molecule has 7 heteroatoms. The Bertz CT molecular complexity index is 840. The molecule has 0 aliphatic carbocycles. The summed E-state index contributed by atoms with van der Waals surface area (Å²) in [6.07, 6.45) is 4.06. The van der Waals surface area contributed by atoms with Crippen LogP contribution in [-0.4, -0.2) is 50.7 Å². The number of likely N-dealkylation sites (N-methyl/N-ethyl adjacent to an activating group) is 1. The first-order chi connectivity index (χ1) is 13.9. The number of nitrogens with zero attached hydrogens (tertiary/aromatic N) is 5. The molecule has 0 N–H and O–H groups in total. The first-order valence-corrected chi connectivity index (χ1v) is 11.3. The van der Waals surface area contributed by atoms with Gasteiger partial charge >= 0.3 is 0 Å². The van der Waals surface area contributed by atoms with E-state index in [4.69, 9.17) is 0 Å². The first kappa shape index (κ1) is 20.7. The topological polar surface area (TPSA) is 27.5 Å². The van der Waals surface area contributed by atoms with Crippen molar-refractivity contribution in [3.8, 4) is 0 Å². The van der Waals surface area contributed by atoms with Gasteiger partial charge in [-0.1, -0.05) is 19.9 Å². The van der Waals surface area contributed by atoms with Crippen LogP contribution in [0, 0.1) is 11.7 Å². The third-order valence-electron chi connectivity index (χ3n) is 6.08. The van der Waals surface area contributed by atoms with E-state index in [1.54, 1.807) is 18.2 Å². The molecule has 5 nitrogen and oxygen atoms in total. The average molecular weight is 418 g/mol. The minimum atomic E-state index is -0.170. The lowest BCUT2D eigenvalue weighted by Crippen LogP contribution is -2.56. The van der Waals surface area contributed by atoms with E-state index in [-0.39, 0.29) is 11.4 Å². The predicted molar refractivity (Wildman–Crippen MR) is 118 cm³/mol. The summed E-state index contributed by atoms with van der Waals surface area (Å²) in [6, 6.07) is 9.62. The predicted octanol–water partition coefficient (Wildman–Crippen LogP) is 4.42. The summed E-state index contributed by atoms with van der Waals surface area (Å²) in [4.78, 5) is 2.58. The van der Waals surface area contributed by atoms with E-state index in [1.807, 2.05) is 18.3 Å². The highest BCUT2D eigenvalue weighted by Crippen LogP contribution is 2.46. The van der Waals surface area contributed by atoms with Gasteiger partial charge in [-0.3, -0.25) is 13.9 Å². The van der Waals surface area contributed by atoms with Crippen molar-refractivity contribution in [1.29, 1.82) is 0 Å². The van der Waals surface area contributed by atoms with Crippen LogP contribution in [0.25, 0.3) is 0 Å². The van der Waals surface area contributed by atoms with Crippen LogP contribution in [0.5, 0.6) is 0 Å². The zero-order valence-electron chi connectivity index (χ0n) is 17.9. The summed E-state index contributed by atoms with van der Waals surface area (Å²) in [7, 11) is 2.13. The van der Waals surface area contributed by atoms with Crippen LogP contribution >= 0.6 is 12.1 Å². The number of likely N-dealkylation sites (tertiary alicyclic amines) is 1. The molecule has 2 aliphatic heterocycles. The van der Waals surface area contributed by atoms with Gasteiger partial charge < -0.3 is 0 Å². The quantitative estimate of drug-likeness (QED) is 0.672. The summed E-state index contributed by atoms with van der Waals surface area (Å²) in [5.74, 6) is 0.415. The van der Waals surface area contributed by atoms with Gasteiger partial charge in [0.05, 0.1) is 16.9 Å². The highest BCUT2D eigenvalue weighted by atomic mass is 32.2. The lowest BCUT2D eigenvalue weighted by atomic mass is 9.83. The van der Waals surface area contributed by atoms with Crippen LogP contribution in [0.1, 0.15) is 39.3 Å². The van der Waals surface area contributed by atoms with Crippen molar-refractivity contribution in [1.82, 2.24) is 19.0 Å². The van der Waals surface area contributed by atoms with Crippen molar-refractivity contribution in [2.75, 3.05) is 24.4 Å². The van der Waals surface area contributed by atoms with E-state index in [1.165, 1.54) is 11.8 Å². The van der Waals surface area contributed by atoms with E-state index in [0.717, 1.165) is 44.7 Å². The zero-order chi connectivity index (χ0) is 20.6. The van der Waals surface area contributed by atoms with Crippen molar-refractivity contribution < 1.29 is 4.39 Å². The lowest BCUT2D eigenvalue weighted by Gasteiger charge is -2.47. The smallest absolute Gasteiger partial charge is 0.125 e. The highest BCUT2D eigenvalue weighted by Gasteiger charge is 2.49. The number of halogens is 1. The number of piperidine rings is 1. The van der Waals surface area contributed by atoms with Crippen molar-refractivity contribution in [2.45, 2.75) is 58.3 Å². The molecular formula is C22H32FN5S. The van der Waals surface area contributed by atoms with E-state index < -0.39 is 0 Å². The van der Waals surface area contributed by atoms with Crippen LogP contribution in [0.2, 0.25) is 0 Å². The number of aromatic nitrogens is 2. The molecule has 2 saturated heterocycles. The van der Waals surface area contributed by atoms with Gasteiger partial charge in [0.1, 0.15) is 5.82 Å². The minimum Gasteiger partial charge on any atom is -0.296 e. The Kier molecular flexibility index (Phi) is 5.91. The molecule has 29 heavy (non-hydrogen) atoms. The molecule has 0 radical (unpaired) electrons. The Hall–Kier alpha value is -1.57. The third kappa shape index (κ3) is 4.32. The molecule has 0 unspecified atom stereocenters. The Morgan fingerprint density at radius 2 is 2.14 bits per heavy atom. The van der Waals surface area contributed by atoms with E-state index >= 15 is 0 Å². The highest BCUT2D eigenvalue weighted by molar-refractivity contribution is 7.98. The zero-order valence-corrected chi connectivity index (χ0v) is 18.7. The summed E-state index contributed by atoms with van der Waals surface area (Å²) in [6.45, 7) is 10.7. The average Bonchev–Trinajstić information content (AvgIpc) is 3.21. The van der Waals surface area contributed by atoms with Crippen LogP contribution in [0.4, 0.5) is 10.1 Å². The molecule has 4 rings (SSSR count). The second-order valence-electron chi connectivity index (χ2n) is 9.04. The Labute approximate surface area is 178 Å². The Balaban J connectivity index is 1.49. The molecule has 1 spiro atoms. The molecule has 1 aromatic carbocycles. The molecule has 0 bridgehead atoms. The standard InChI is InChI=1S/C22H32FN5S/c1-17(2)14-27-21(8-10-24-27)15-26-11-9-22(13-18(26)3)16-25(4)29-28(22)20-7-5-6-19(23)12-20/h5-8,10,12,17-18H,9,11,13-16H2,1-4H3/t18-,22+/m0/s1. The Morgan fingerprint density at radius 3 is 2.86 bits per heavy atom. The molecule has 0 saturated carbocycles. The van der Waals surface area contributed by atoms with E-state index in [0.29, 0.717) is 12.0 Å². The van der Waals surface area contributed by atoms with Crippen LogP contribution in [-0.2, 0) is 13.1 Å². The van der Waals surface area contributed by atoms with Crippen LogP contribution in [0.15, 0.2) is 36.5 Å². The van der Waals surface area contributed by atoms with Crippen molar-refractivity contribution in [3.05, 3.63) is 48.0 Å². The van der Waals surface area contributed by atoms with Crippen LogP contribution < -0.4 is 4.31 Å². The Morgan fingerprint density at radius 1 is 1.31 bits per heavy atom.